The zero-order chi connectivity index (χ0) is 27.2. The van der Waals surface area contributed by atoms with Gasteiger partial charge in [-0.1, -0.05) is 36.4 Å². The topological polar surface area (TPSA) is 95.6 Å². The van der Waals surface area contributed by atoms with E-state index in [1.807, 2.05) is 35.7 Å². The SMILES string of the molecule is O=C(Nc1ccc(SCCN2C(=O)c3ccccc3C2=O)cc1)/C(=C/c1cccs1)NC(=O)c1ccccc1. The van der Waals surface area contributed by atoms with Crippen LogP contribution >= 0.6 is 23.1 Å². The zero-order valence-corrected chi connectivity index (χ0v) is 22.3. The third kappa shape index (κ3) is 6.17. The molecule has 0 bridgehead atoms. The number of nitrogens with zero attached hydrogens (tertiary/aromatic N) is 1. The van der Waals surface area contributed by atoms with Crippen LogP contribution in [0.2, 0.25) is 0 Å². The molecule has 1 aliphatic rings. The molecular weight excluding hydrogens is 530 g/mol. The van der Waals surface area contributed by atoms with Crippen LogP contribution in [-0.4, -0.2) is 40.8 Å². The van der Waals surface area contributed by atoms with Crippen molar-refractivity contribution in [2.45, 2.75) is 4.90 Å². The van der Waals surface area contributed by atoms with E-state index in [9.17, 15) is 19.2 Å². The van der Waals surface area contributed by atoms with E-state index < -0.39 is 5.91 Å². The number of hydrogen-bond acceptors (Lipinski definition) is 6. The van der Waals surface area contributed by atoms with E-state index in [1.165, 1.54) is 28.0 Å². The number of rotatable bonds is 9. The maximum absolute atomic E-state index is 13.1. The Labute approximate surface area is 233 Å². The molecule has 1 aliphatic heterocycles. The lowest BCUT2D eigenvalue weighted by Gasteiger charge is -2.13. The minimum atomic E-state index is -0.446. The number of fused-ring (bicyclic) bond motifs is 1. The molecule has 1 aromatic heterocycles. The van der Waals surface area contributed by atoms with Gasteiger partial charge in [0.05, 0.1) is 11.1 Å². The summed E-state index contributed by atoms with van der Waals surface area (Å²) in [7, 11) is 0. The van der Waals surface area contributed by atoms with Gasteiger partial charge in [-0.2, -0.15) is 0 Å². The number of anilines is 1. The molecule has 0 saturated heterocycles. The molecule has 5 rings (SSSR count). The van der Waals surface area contributed by atoms with Crippen molar-refractivity contribution >= 4 is 58.5 Å². The second kappa shape index (κ2) is 11.9. The lowest BCUT2D eigenvalue weighted by atomic mass is 10.1. The van der Waals surface area contributed by atoms with Crippen molar-refractivity contribution in [3.05, 3.63) is 124 Å². The lowest BCUT2D eigenvalue weighted by molar-refractivity contribution is -0.113. The molecule has 9 heteroatoms. The molecule has 39 heavy (non-hydrogen) atoms. The Kier molecular flexibility index (Phi) is 8.00. The highest BCUT2D eigenvalue weighted by Crippen LogP contribution is 2.25. The predicted octanol–water partition coefficient (Wildman–Crippen LogP) is 5.55. The van der Waals surface area contributed by atoms with E-state index in [1.54, 1.807) is 66.7 Å². The minimum absolute atomic E-state index is 0.130. The molecule has 194 valence electrons. The van der Waals surface area contributed by atoms with Gasteiger partial charge in [-0.05, 0) is 66.1 Å². The summed E-state index contributed by atoms with van der Waals surface area (Å²) in [6.45, 7) is 0.299. The molecular formula is C30H23N3O4S2. The van der Waals surface area contributed by atoms with Crippen molar-refractivity contribution in [3.63, 3.8) is 0 Å². The van der Waals surface area contributed by atoms with Crippen molar-refractivity contribution in [1.82, 2.24) is 10.2 Å². The number of thiophene rings is 1. The van der Waals surface area contributed by atoms with Gasteiger partial charge in [0.15, 0.2) is 0 Å². The molecule has 2 heterocycles. The average Bonchev–Trinajstić information content (AvgIpc) is 3.56. The molecule has 4 amide bonds. The molecule has 0 aliphatic carbocycles. The van der Waals surface area contributed by atoms with Crippen LogP contribution in [0.4, 0.5) is 5.69 Å². The molecule has 0 atom stereocenters. The van der Waals surface area contributed by atoms with Crippen LogP contribution in [0.3, 0.4) is 0 Å². The predicted molar refractivity (Wildman–Crippen MR) is 154 cm³/mol. The zero-order valence-electron chi connectivity index (χ0n) is 20.6. The first-order chi connectivity index (χ1) is 19.0. The first kappa shape index (κ1) is 26.1. The van der Waals surface area contributed by atoms with E-state index >= 15 is 0 Å². The van der Waals surface area contributed by atoms with Gasteiger partial charge in [0.25, 0.3) is 23.6 Å². The van der Waals surface area contributed by atoms with Gasteiger partial charge in [-0.25, -0.2) is 0 Å². The highest BCUT2D eigenvalue weighted by Gasteiger charge is 2.34. The second-order valence-electron chi connectivity index (χ2n) is 8.53. The summed E-state index contributed by atoms with van der Waals surface area (Å²) in [5.41, 5.74) is 2.03. The van der Waals surface area contributed by atoms with Crippen molar-refractivity contribution in [1.29, 1.82) is 0 Å². The van der Waals surface area contributed by atoms with Gasteiger partial charge >= 0.3 is 0 Å². The third-order valence-corrected chi connectivity index (χ3v) is 7.74. The van der Waals surface area contributed by atoms with Crippen LogP contribution in [-0.2, 0) is 4.79 Å². The first-order valence-electron chi connectivity index (χ1n) is 12.1. The van der Waals surface area contributed by atoms with Gasteiger partial charge in [0.1, 0.15) is 5.70 Å². The molecule has 0 radical (unpaired) electrons. The Hall–Kier alpha value is -4.47. The van der Waals surface area contributed by atoms with E-state index in [-0.39, 0.29) is 23.4 Å². The quantitative estimate of drug-likeness (QED) is 0.161. The van der Waals surface area contributed by atoms with E-state index in [2.05, 4.69) is 10.6 Å². The largest absolute Gasteiger partial charge is 0.321 e. The van der Waals surface area contributed by atoms with Crippen LogP contribution < -0.4 is 10.6 Å². The summed E-state index contributed by atoms with van der Waals surface area (Å²) in [5.74, 6) is -0.812. The fraction of sp³-hybridized carbons (Fsp3) is 0.0667. The third-order valence-electron chi connectivity index (χ3n) is 5.93. The Balaban J connectivity index is 1.19. The number of amides is 4. The van der Waals surface area contributed by atoms with Crippen molar-refractivity contribution in [3.8, 4) is 0 Å². The number of carbonyl (C=O) groups excluding carboxylic acids is 4. The van der Waals surface area contributed by atoms with Gasteiger partial charge in [0.2, 0.25) is 0 Å². The molecule has 3 aromatic carbocycles. The molecule has 0 saturated carbocycles. The van der Waals surface area contributed by atoms with E-state index in [0.29, 0.717) is 34.7 Å². The summed E-state index contributed by atoms with van der Waals surface area (Å²) in [5, 5.41) is 7.46. The fourth-order valence-electron chi connectivity index (χ4n) is 3.99. The van der Waals surface area contributed by atoms with Crippen molar-refractivity contribution in [2.75, 3.05) is 17.6 Å². The fourth-order valence-corrected chi connectivity index (χ4v) is 5.48. The molecule has 2 N–H and O–H groups in total. The van der Waals surface area contributed by atoms with E-state index in [0.717, 1.165) is 9.77 Å². The molecule has 0 fully saturated rings. The second-order valence-corrected chi connectivity index (χ2v) is 10.7. The number of nitrogens with one attached hydrogen (secondary N) is 2. The summed E-state index contributed by atoms with van der Waals surface area (Å²) < 4.78 is 0. The van der Waals surface area contributed by atoms with Gasteiger partial charge < -0.3 is 10.6 Å². The monoisotopic (exact) mass is 553 g/mol. The smallest absolute Gasteiger partial charge is 0.272 e. The van der Waals surface area contributed by atoms with Gasteiger partial charge in [-0.3, -0.25) is 24.1 Å². The number of imide groups is 1. The number of thioether (sulfide) groups is 1. The molecule has 7 nitrogen and oxygen atoms in total. The summed E-state index contributed by atoms with van der Waals surface area (Å²) in [6, 6.07) is 26.5. The Morgan fingerprint density at radius 2 is 1.49 bits per heavy atom. The maximum atomic E-state index is 13.1. The minimum Gasteiger partial charge on any atom is -0.321 e. The number of benzene rings is 3. The normalized spacial score (nSPS) is 12.8. The molecule has 0 spiro atoms. The highest BCUT2D eigenvalue weighted by molar-refractivity contribution is 7.99. The Bertz CT molecular complexity index is 1510. The van der Waals surface area contributed by atoms with Crippen LogP contribution in [0.5, 0.6) is 0 Å². The molecule has 0 unspecified atom stereocenters. The van der Waals surface area contributed by atoms with Crippen LogP contribution in [0.25, 0.3) is 6.08 Å². The summed E-state index contributed by atoms with van der Waals surface area (Å²) in [4.78, 5) is 53.9. The number of hydrogen-bond donors (Lipinski definition) is 2. The first-order valence-corrected chi connectivity index (χ1v) is 14.0. The van der Waals surface area contributed by atoms with E-state index in [4.69, 9.17) is 0 Å². The number of carbonyl (C=O) groups is 4. The van der Waals surface area contributed by atoms with Gasteiger partial charge in [-0.15, -0.1) is 23.1 Å². The Morgan fingerprint density at radius 1 is 0.821 bits per heavy atom. The Morgan fingerprint density at radius 3 is 2.13 bits per heavy atom. The van der Waals surface area contributed by atoms with Crippen LogP contribution in [0, 0.1) is 0 Å². The average molecular weight is 554 g/mol. The maximum Gasteiger partial charge on any atom is 0.272 e. The van der Waals surface area contributed by atoms with Crippen molar-refractivity contribution in [2.24, 2.45) is 0 Å². The molecule has 4 aromatic rings. The highest BCUT2D eigenvalue weighted by atomic mass is 32.2. The van der Waals surface area contributed by atoms with Gasteiger partial charge in [0, 0.05) is 33.3 Å². The van der Waals surface area contributed by atoms with Crippen molar-refractivity contribution < 1.29 is 19.2 Å². The lowest BCUT2D eigenvalue weighted by Crippen LogP contribution is -2.31. The standard InChI is InChI=1S/C30H23N3O4S2/c34-27(20-7-2-1-3-8-20)32-26(19-23-9-6-17-38-23)28(35)31-21-12-14-22(15-13-21)39-18-16-33-29(36)24-10-4-5-11-25(24)30(33)37/h1-15,17,19H,16,18H2,(H,31,35)(H,32,34)/b26-19-. The summed E-state index contributed by atoms with van der Waals surface area (Å²) in [6.07, 6.45) is 1.64. The summed E-state index contributed by atoms with van der Waals surface area (Å²) >= 11 is 2.96. The van der Waals surface area contributed by atoms with Crippen LogP contribution in [0.1, 0.15) is 36.0 Å². The van der Waals surface area contributed by atoms with Crippen LogP contribution in [0.15, 0.2) is 107 Å².